The molecule has 96 valence electrons. The zero-order chi connectivity index (χ0) is 11.9. The first kappa shape index (κ1) is 15.9. The first-order valence-electron chi connectivity index (χ1n) is 6.31. The van der Waals surface area contributed by atoms with Crippen LogP contribution < -0.4 is 4.48 Å². The minimum Gasteiger partial charge on any atom is -0.870 e. The summed E-state index contributed by atoms with van der Waals surface area (Å²) in [5, 5.41) is 0. The fourth-order valence-corrected chi connectivity index (χ4v) is 2.51. The van der Waals surface area contributed by atoms with E-state index in [0.29, 0.717) is 0 Å². The zero-order valence-electron chi connectivity index (χ0n) is 11.1. The van der Waals surface area contributed by atoms with Crippen molar-refractivity contribution in [3.63, 3.8) is 0 Å². The number of quaternary nitrogens is 1. The van der Waals surface area contributed by atoms with Crippen LogP contribution in [-0.4, -0.2) is 25.1 Å². The van der Waals surface area contributed by atoms with Gasteiger partial charge in [-0.1, -0.05) is 38.6 Å². The minimum atomic E-state index is 0. The first-order valence-corrected chi connectivity index (χ1v) is 6.31. The smallest absolute Gasteiger partial charge is 0.133 e. The summed E-state index contributed by atoms with van der Waals surface area (Å²) < 4.78 is 1.05. The van der Waals surface area contributed by atoms with Crippen LogP contribution in [0.3, 0.4) is 0 Å². The molecule has 0 saturated carbocycles. The van der Waals surface area contributed by atoms with Crippen LogP contribution in [-0.2, 0) is 0 Å². The minimum absolute atomic E-state index is 0. The maximum absolute atomic E-state index is 3.92. The van der Waals surface area contributed by atoms with Crippen LogP contribution in [0.5, 0.6) is 0 Å². The van der Waals surface area contributed by atoms with Crippen LogP contribution in [0.2, 0.25) is 0 Å². The molecule has 0 aliphatic carbocycles. The van der Waals surface area contributed by atoms with E-state index < -0.39 is 0 Å². The van der Waals surface area contributed by atoms with Crippen molar-refractivity contribution in [1.82, 2.24) is 4.48 Å². The van der Waals surface area contributed by atoms with Gasteiger partial charge >= 0.3 is 0 Å². The van der Waals surface area contributed by atoms with E-state index in [1.54, 1.807) is 0 Å². The summed E-state index contributed by atoms with van der Waals surface area (Å²) in [6.45, 7) is 11.9. The van der Waals surface area contributed by atoms with E-state index in [1.807, 2.05) is 0 Å². The number of hydrogen-bond acceptors (Lipinski definition) is 1. The Labute approximate surface area is 105 Å². The lowest BCUT2D eigenvalue weighted by Gasteiger charge is -2.37. The summed E-state index contributed by atoms with van der Waals surface area (Å²) in [6, 6.07) is 10.8. The standard InChI is InChI=1S/C15H24N.H2O/c1-4-12-16(13-5-2,14-6-3)15-10-8-7-9-11-15;/h4,7-11H,1,5-6,12-14H2,2-3H3;1H2/q+1;/p-1. The lowest BCUT2D eigenvalue weighted by atomic mass is 10.2. The monoisotopic (exact) mass is 235 g/mol. The van der Waals surface area contributed by atoms with E-state index in [1.165, 1.54) is 31.6 Å². The van der Waals surface area contributed by atoms with Crippen molar-refractivity contribution in [2.45, 2.75) is 26.7 Å². The summed E-state index contributed by atoms with van der Waals surface area (Å²) in [6.07, 6.45) is 4.48. The molecule has 2 heteroatoms. The molecule has 0 aliphatic rings. The van der Waals surface area contributed by atoms with E-state index in [9.17, 15) is 0 Å². The highest BCUT2D eigenvalue weighted by Crippen LogP contribution is 2.24. The van der Waals surface area contributed by atoms with Crippen LogP contribution in [0.4, 0.5) is 5.69 Å². The van der Waals surface area contributed by atoms with Crippen LogP contribution in [0.15, 0.2) is 43.0 Å². The molecule has 0 fully saturated rings. The van der Waals surface area contributed by atoms with Crippen molar-refractivity contribution in [2.75, 3.05) is 19.6 Å². The Morgan fingerprint density at radius 3 is 2.00 bits per heavy atom. The molecule has 1 N–H and O–H groups in total. The third-order valence-electron chi connectivity index (χ3n) is 3.09. The number of rotatable bonds is 7. The van der Waals surface area contributed by atoms with Gasteiger partial charge in [-0.05, 0) is 31.1 Å². The van der Waals surface area contributed by atoms with Crippen LogP contribution in [0, 0.1) is 0 Å². The normalized spacial score (nSPS) is 10.7. The Hall–Kier alpha value is -1.12. The average molecular weight is 235 g/mol. The second kappa shape index (κ2) is 8.04. The second-order valence-corrected chi connectivity index (χ2v) is 4.40. The Morgan fingerprint density at radius 1 is 1.06 bits per heavy atom. The van der Waals surface area contributed by atoms with Gasteiger partial charge in [-0.25, -0.2) is 0 Å². The van der Waals surface area contributed by atoms with E-state index in [-0.39, 0.29) is 5.48 Å². The summed E-state index contributed by atoms with van der Waals surface area (Å²) in [5.41, 5.74) is 1.42. The van der Waals surface area contributed by atoms with Crippen LogP contribution >= 0.6 is 0 Å². The van der Waals surface area contributed by atoms with Crippen molar-refractivity contribution in [2.24, 2.45) is 0 Å². The molecule has 0 aromatic heterocycles. The molecule has 0 heterocycles. The van der Waals surface area contributed by atoms with Gasteiger partial charge in [0.05, 0.1) is 13.1 Å². The summed E-state index contributed by atoms with van der Waals surface area (Å²) in [7, 11) is 0. The number of para-hydroxylation sites is 1. The Balaban J connectivity index is 0.00000256. The lowest BCUT2D eigenvalue weighted by molar-refractivity contribution is 0.300. The Bertz CT molecular complexity index is 302. The van der Waals surface area contributed by atoms with Gasteiger partial charge in [0.2, 0.25) is 0 Å². The lowest BCUT2D eigenvalue weighted by Crippen LogP contribution is -2.50. The van der Waals surface area contributed by atoms with Crippen molar-refractivity contribution in [3.8, 4) is 0 Å². The summed E-state index contributed by atoms with van der Waals surface area (Å²) in [4.78, 5) is 0. The van der Waals surface area contributed by atoms with Crippen molar-refractivity contribution >= 4 is 5.69 Å². The number of nitrogens with zero attached hydrogens (tertiary/aromatic N) is 1. The SMILES string of the molecule is C=CC[N+](CCC)(CCC)c1ccccc1.[OH-]. The van der Waals surface area contributed by atoms with Crippen molar-refractivity contribution in [3.05, 3.63) is 43.0 Å². The molecule has 0 bridgehead atoms. The highest BCUT2D eigenvalue weighted by molar-refractivity contribution is 5.43. The molecule has 0 radical (unpaired) electrons. The van der Waals surface area contributed by atoms with Gasteiger partial charge in [0.15, 0.2) is 0 Å². The van der Waals surface area contributed by atoms with E-state index >= 15 is 0 Å². The topological polar surface area (TPSA) is 30.0 Å². The largest absolute Gasteiger partial charge is 0.870 e. The number of benzene rings is 1. The molecule has 17 heavy (non-hydrogen) atoms. The molecule has 2 nitrogen and oxygen atoms in total. The molecule has 1 aromatic carbocycles. The molecule has 0 amide bonds. The highest BCUT2D eigenvalue weighted by Gasteiger charge is 2.26. The van der Waals surface area contributed by atoms with Crippen molar-refractivity contribution < 1.29 is 5.48 Å². The molecular formula is C15H25NO. The van der Waals surface area contributed by atoms with Gasteiger partial charge in [0, 0.05) is 0 Å². The van der Waals surface area contributed by atoms with Gasteiger partial charge < -0.3 is 5.48 Å². The van der Waals surface area contributed by atoms with Crippen LogP contribution in [0.25, 0.3) is 0 Å². The maximum Gasteiger partial charge on any atom is 0.133 e. The maximum atomic E-state index is 3.92. The predicted octanol–water partition coefficient (Wildman–Crippen LogP) is 3.82. The molecule has 0 spiro atoms. The molecule has 1 aromatic rings. The van der Waals surface area contributed by atoms with Gasteiger partial charge in [-0.3, -0.25) is 4.48 Å². The van der Waals surface area contributed by atoms with E-state index in [0.717, 1.165) is 11.0 Å². The average Bonchev–Trinajstić information content (AvgIpc) is 2.31. The Kier molecular flexibility index (Phi) is 7.51. The third kappa shape index (κ3) is 3.99. The van der Waals surface area contributed by atoms with E-state index in [2.05, 4.69) is 56.8 Å². The molecule has 0 unspecified atom stereocenters. The van der Waals surface area contributed by atoms with Crippen LogP contribution in [0.1, 0.15) is 26.7 Å². The molecule has 0 atom stereocenters. The fraction of sp³-hybridized carbons (Fsp3) is 0.467. The fourth-order valence-electron chi connectivity index (χ4n) is 2.51. The quantitative estimate of drug-likeness (QED) is 0.522. The van der Waals surface area contributed by atoms with Gasteiger partial charge in [-0.2, -0.15) is 0 Å². The van der Waals surface area contributed by atoms with Gasteiger partial charge in [-0.15, -0.1) is 0 Å². The third-order valence-corrected chi connectivity index (χ3v) is 3.09. The molecule has 1 rings (SSSR count). The molecular weight excluding hydrogens is 210 g/mol. The second-order valence-electron chi connectivity index (χ2n) is 4.40. The first-order chi connectivity index (χ1) is 7.79. The van der Waals surface area contributed by atoms with Gasteiger partial charge in [0.25, 0.3) is 0 Å². The molecule has 0 aliphatic heterocycles. The van der Waals surface area contributed by atoms with Crippen molar-refractivity contribution in [1.29, 1.82) is 0 Å². The Morgan fingerprint density at radius 2 is 1.59 bits per heavy atom. The molecule has 0 saturated heterocycles. The zero-order valence-corrected chi connectivity index (χ0v) is 11.1. The summed E-state index contributed by atoms with van der Waals surface area (Å²) >= 11 is 0. The van der Waals surface area contributed by atoms with E-state index in [4.69, 9.17) is 0 Å². The number of hydrogen-bond donors (Lipinski definition) is 0. The van der Waals surface area contributed by atoms with Gasteiger partial charge in [0.1, 0.15) is 12.2 Å². The highest BCUT2D eigenvalue weighted by atomic mass is 16.0. The summed E-state index contributed by atoms with van der Waals surface area (Å²) in [5.74, 6) is 0. The predicted molar refractivity (Wildman–Crippen MR) is 75.6 cm³/mol.